The molecule has 2 nitrogen and oxygen atoms in total. The lowest BCUT2D eigenvalue weighted by atomic mass is 9.90. The van der Waals surface area contributed by atoms with Gasteiger partial charge in [-0.2, -0.15) is 0 Å². The van der Waals surface area contributed by atoms with Gasteiger partial charge in [0.2, 0.25) is 0 Å². The molecular weight excluding hydrogens is 160 g/mol. The molecule has 0 saturated carbocycles. The summed E-state index contributed by atoms with van der Waals surface area (Å²) in [5.74, 6) is 0. The predicted octanol–water partition coefficient (Wildman–Crippen LogP) is 1.39. The molecule has 1 saturated heterocycles. The van der Waals surface area contributed by atoms with Crippen molar-refractivity contribution in [2.45, 2.75) is 31.7 Å². The second kappa shape index (κ2) is 3.81. The third kappa shape index (κ3) is 2.32. The van der Waals surface area contributed by atoms with Gasteiger partial charge < -0.3 is 5.32 Å². The molecule has 0 amide bonds. The van der Waals surface area contributed by atoms with Crippen molar-refractivity contribution in [3.8, 4) is 0 Å². The van der Waals surface area contributed by atoms with Crippen LogP contribution in [0.15, 0.2) is 12.2 Å². The van der Waals surface area contributed by atoms with Gasteiger partial charge in [0.25, 0.3) is 0 Å². The highest BCUT2D eigenvalue weighted by Gasteiger charge is 2.28. The first-order valence-corrected chi connectivity index (χ1v) is 5.41. The van der Waals surface area contributed by atoms with Crippen LogP contribution >= 0.6 is 0 Å². The minimum Gasteiger partial charge on any atom is -0.310 e. The van der Waals surface area contributed by atoms with Crippen molar-refractivity contribution < 1.29 is 0 Å². The minimum absolute atomic E-state index is 0.379. The zero-order valence-corrected chi connectivity index (χ0v) is 8.55. The molecule has 13 heavy (non-hydrogen) atoms. The largest absolute Gasteiger partial charge is 0.310 e. The Balaban J connectivity index is 1.84. The van der Waals surface area contributed by atoms with E-state index in [2.05, 4.69) is 29.3 Å². The van der Waals surface area contributed by atoms with E-state index in [9.17, 15) is 0 Å². The number of piperidine rings is 1. The molecule has 0 spiro atoms. The molecule has 0 aromatic heterocycles. The van der Waals surface area contributed by atoms with E-state index in [0.717, 1.165) is 13.1 Å². The van der Waals surface area contributed by atoms with Gasteiger partial charge in [-0.3, -0.25) is 4.90 Å². The summed E-state index contributed by atoms with van der Waals surface area (Å²) in [6, 6.07) is 0. The van der Waals surface area contributed by atoms with Crippen LogP contribution in [-0.4, -0.2) is 36.6 Å². The van der Waals surface area contributed by atoms with Crippen molar-refractivity contribution in [2.24, 2.45) is 0 Å². The summed E-state index contributed by atoms with van der Waals surface area (Å²) in [7, 11) is 0. The van der Waals surface area contributed by atoms with E-state index in [0.29, 0.717) is 5.54 Å². The SMILES string of the molecule is CC1(CN2CC=CC2)CCCCN1. The topological polar surface area (TPSA) is 15.3 Å². The van der Waals surface area contributed by atoms with Gasteiger partial charge in [0.15, 0.2) is 0 Å². The molecule has 0 aromatic rings. The molecule has 0 aromatic carbocycles. The van der Waals surface area contributed by atoms with Gasteiger partial charge in [-0.05, 0) is 26.3 Å². The third-order valence-electron chi connectivity index (χ3n) is 3.17. The van der Waals surface area contributed by atoms with Crippen LogP contribution in [-0.2, 0) is 0 Å². The van der Waals surface area contributed by atoms with Gasteiger partial charge in [0.05, 0.1) is 0 Å². The summed E-state index contributed by atoms with van der Waals surface area (Å²) in [5.41, 5.74) is 0.379. The normalized spacial score (nSPS) is 35.5. The molecule has 0 bridgehead atoms. The number of nitrogens with zero attached hydrogens (tertiary/aromatic N) is 1. The maximum atomic E-state index is 3.65. The highest BCUT2D eigenvalue weighted by Crippen LogP contribution is 2.20. The summed E-state index contributed by atoms with van der Waals surface area (Å²) < 4.78 is 0. The Morgan fingerprint density at radius 2 is 2.08 bits per heavy atom. The number of nitrogens with one attached hydrogen (secondary N) is 1. The second-order valence-corrected chi connectivity index (χ2v) is 4.61. The Morgan fingerprint density at radius 3 is 2.69 bits per heavy atom. The van der Waals surface area contributed by atoms with E-state index in [1.165, 1.54) is 32.4 Å². The van der Waals surface area contributed by atoms with Crippen LogP contribution in [0.4, 0.5) is 0 Å². The molecule has 1 atom stereocenters. The minimum atomic E-state index is 0.379. The summed E-state index contributed by atoms with van der Waals surface area (Å²) >= 11 is 0. The van der Waals surface area contributed by atoms with Crippen molar-refractivity contribution >= 4 is 0 Å². The fourth-order valence-corrected chi connectivity index (χ4v) is 2.40. The maximum absolute atomic E-state index is 3.65. The Morgan fingerprint density at radius 1 is 1.31 bits per heavy atom. The lowest BCUT2D eigenvalue weighted by Gasteiger charge is -2.38. The number of rotatable bonds is 2. The number of hydrogen-bond donors (Lipinski definition) is 1. The third-order valence-corrected chi connectivity index (χ3v) is 3.17. The molecular formula is C11H20N2. The molecule has 2 aliphatic heterocycles. The molecule has 1 unspecified atom stereocenters. The first kappa shape index (κ1) is 9.22. The standard InChI is InChI=1S/C11H20N2/c1-11(6-2-3-7-12-11)10-13-8-4-5-9-13/h4-5,12H,2-3,6-10H2,1H3. The van der Waals surface area contributed by atoms with Gasteiger partial charge in [-0.15, -0.1) is 0 Å². The average molecular weight is 180 g/mol. The van der Waals surface area contributed by atoms with Crippen LogP contribution in [0.2, 0.25) is 0 Å². The van der Waals surface area contributed by atoms with Crippen molar-refractivity contribution in [3.05, 3.63) is 12.2 Å². The Kier molecular flexibility index (Phi) is 2.70. The summed E-state index contributed by atoms with van der Waals surface area (Å²) in [5, 5.41) is 3.65. The van der Waals surface area contributed by atoms with Gasteiger partial charge in [-0.1, -0.05) is 18.6 Å². The van der Waals surface area contributed by atoms with Gasteiger partial charge in [0, 0.05) is 25.2 Å². The molecule has 2 rings (SSSR count). The smallest absolute Gasteiger partial charge is 0.0280 e. The lowest BCUT2D eigenvalue weighted by molar-refractivity contribution is 0.191. The highest BCUT2D eigenvalue weighted by atomic mass is 15.2. The van der Waals surface area contributed by atoms with Crippen molar-refractivity contribution in [1.82, 2.24) is 10.2 Å². The van der Waals surface area contributed by atoms with Crippen molar-refractivity contribution in [1.29, 1.82) is 0 Å². The molecule has 2 heteroatoms. The number of hydrogen-bond acceptors (Lipinski definition) is 2. The van der Waals surface area contributed by atoms with Crippen LogP contribution < -0.4 is 5.32 Å². The Bertz CT molecular complexity index is 184. The summed E-state index contributed by atoms with van der Waals surface area (Å²) in [4.78, 5) is 2.51. The summed E-state index contributed by atoms with van der Waals surface area (Å²) in [6.07, 6.45) is 8.63. The zero-order chi connectivity index (χ0) is 9.15. The molecule has 1 N–H and O–H groups in total. The van der Waals surface area contributed by atoms with Gasteiger partial charge in [0.1, 0.15) is 0 Å². The monoisotopic (exact) mass is 180 g/mol. The Hall–Kier alpha value is -0.340. The first-order chi connectivity index (χ1) is 6.29. The van der Waals surface area contributed by atoms with Crippen LogP contribution in [0.5, 0.6) is 0 Å². The van der Waals surface area contributed by atoms with E-state index < -0.39 is 0 Å². The summed E-state index contributed by atoms with van der Waals surface area (Å²) in [6.45, 7) is 7.08. The van der Waals surface area contributed by atoms with E-state index in [1.54, 1.807) is 0 Å². The molecule has 0 radical (unpaired) electrons. The lowest BCUT2D eigenvalue weighted by Crippen LogP contribution is -2.53. The first-order valence-electron chi connectivity index (χ1n) is 5.41. The fourth-order valence-electron chi connectivity index (χ4n) is 2.40. The zero-order valence-electron chi connectivity index (χ0n) is 8.55. The van der Waals surface area contributed by atoms with Gasteiger partial charge >= 0.3 is 0 Å². The van der Waals surface area contributed by atoms with E-state index in [-0.39, 0.29) is 0 Å². The van der Waals surface area contributed by atoms with Crippen LogP contribution in [0.3, 0.4) is 0 Å². The molecule has 0 aliphatic carbocycles. The predicted molar refractivity (Wildman–Crippen MR) is 55.8 cm³/mol. The molecule has 1 fully saturated rings. The van der Waals surface area contributed by atoms with Crippen LogP contribution in [0.25, 0.3) is 0 Å². The maximum Gasteiger partial charge on any atom is 0.0280 e. The average Bonchev–Trinajstić information content (AvgIpc) is 2.57. The van der Waals surface area contributed by atoms with Gasteiger partial charge in [-0.25, -0.2) is 0 Å². The van der Waals surface area contributed by atoms with Crippen LogP contribution in [0, 0.1) is 0 Å². The Labute approximate surface area is 81.0 Å². The van der Waals surface area contributed by atoms with Crippen LogP contribution in [0.1, 0.15) is 26.2 Å². The fraction of sp³-hybridized carbons (Fsp3) is 0.818. The van der Waals surface area contributed by atoms with E-state index in [4.69, 9.17) is 0 Å². The highest BCUT2D eigenvalue weighted by molar-refractivity contribution is 4.99. The molecule has 74 valence electrons. The quantitative estimate of drug-likeness (QED) is 0.646. The van der Waals surface area contributed by atoms with Crippen molar-refractivity contribution in [3.63, 3.8) is 0 Å². The molecule has 2 aliphatic rings. The van der Waals surface area contributed by atoms with E-state index >= 15 is 0 Å². The van der Waals surface area contributed by atoms with Crippen molar-refractivity contribution in [2.75, 3.05) is 26.2 Å². The molecule has 2 heterocycles. The second-order valence-electron chi connectivity index (χ2n) is 4.61. The van der Waals surface area contributed by atoms with E-state index in [1.807, 2.05) is 0 Å².